The lowest BCUT2D eigenvalue weighted by atomic mass is 10.2. The van der Waals surface area contributed by atoms with Gasteiger partial charge in [-0.05, 0) is 40.3 Å². The van der Waals surface area contributed by atoms with Gasteiger partial charge in [-0.15, -0.1) is 16.9 Å². The molecule has 0 saturated heterocycles. The van der Waals surface area contributed by atoms with Crippen LogP contribution in [-0.4, -0.2) is 25.2 Å². The van der Waals surface area contributed by atoms with Crippen LogP contribution in [0, 0.1) is 5.82 Å². The van der Waals surface area contributed by atoms with E-state index in [9.17, 15) is 4.39 Å². The highest BCUT2D eigenvalue weighted by Gasteiger charge is 2.11. The second-order valence-electron chi connectivity index (χ2n) is 5.61. The summed E-state index contributed by atoms with van der Waals surface area (Å²) in [6, 6.07) is 14.3. The normalized spacial score (nSPS) is 11.2. The van der Waals surface area contributed by atoms with E-state index in [1.54, 1.807) is 28.7 Å². The quantitative estimate of drug-likeness (QED) is 0.478. The van der Waals surface area contributed by atoms with Crippen molar-refractivity contribution < 1.29 is 4.39 Å². The summed E-state index contributed by atoms with van der Waals surface area (Å²) in [6.07, 6.45) is 1.78. The molecule has 0 aliphatic rings. The summed E-state index contributed by atoms with van der Waals surface area (Å²) in [5.41, 5.74) is 1.72. The molecule has 2 aromatic heterocycles. The van der Waals surface area contributed by atoms with Crippen LogP contribution in [0.25, 0.3) is 10.9 Å². The number of thioether (sulfide) groups is 1. The van der Waals surface area contributed by atoms with E-state index in [1.807, 2.05) is 30.3 Å². The minimum absolute atomic E-state index is 0.359. The summed E-state index contributed by atoms with van der Waals surface area (Å²) in [7, 11) is 0. The van der Waals surface area contributed by atoms with Gasteiger partial charge in [0.25, 0.3) is 0 Å². The smallest absolute Gasteiger partial charge is 0.161 e. The molecule has 4 aromatic rings. The molecular weight excluding hydrogens is 373 g/mol. The van der Waals surface area contributed by atoms with Crippen molar-refractivity contribution in [1.29, 1.82) is 0 Å². The number of halogens is 2. The van der Waals surface area contributed by atoms with E-state index >= 15 is 0 Å². The molecule has 0 aliphatic heterocycles. The van der Waals surface area contributed by atoms with Crippen LogP contribution in [0.2, 0.25) is 5.02 Å². The van der Waals surface area contributed by atoms with E-state index in [-0.39, 0.29) is 5.82 Å². The minimum atomic E-state index is -0.366. The summed E-state index contributed by atoms with van der Waals surface area (Å²) in [6.45, 7) is 0.385. The van der Waals surface area contributed by atoms with Crippen molar-refractivity contribution in [2.24, 2.45) is 0 Å². The number of para-hydroxylation sites is 1. The number of rotatable bonds is 5. The van der Waals surface area contributed by atoms with Crippen molar-refractivity contribution in [3.05, 3.63) is 77.0 Å². The third-order valence-corrected chi connectivity index (χ3v) is 5.29. The van der Waals surface area contributed by atoms with Gasteiger partial charge < -0.3 is 0 Å². The third kappa shape index (κ3) is 3.54. The Labute approximate surface area is 158 Å². The average Bonchev–Trinajstić information content (AvgIpc) is 3.09. The Bertz CT molecular complexity index is 1060. The van der Waals surface area contributed by atoms with E-state index < -0.39 is 0 Å². The fourth-order valence-electron chi connectivity index (χ4n) is 2.60. The van der Waals surface area contributed by atoms with E-state index in [0.29, 0.717) is 23.1 Å². The zero-order chi connectivity index (χ0) is 17.9. The average molecular weight is 386 g/mol. The highest BCUT2D eigenvalue weighted by atomic mass is 35.5. The maximum Gasteiger partial charge on any atom is 0.161 e. The minimum Gasteiger partial charge on any atom is -0.255 e. The monoisotopic (exact) mass is 385 g/mol. The molecule has 4 rings (SSSR count). The lowest BCUT2D eigenvalue weighted by Crippen LogP contribution is -2.07. The number of benzene rings is 2. The molecule has 2 heterocycles. The zero-order valence-electron chi connectivity index (χ0n) is 13.5. The van der Waals surface area contributed by atoms with E-state index in [1.165, 1.54) is 12.1 Å². The SMILES string of the molecule is Fc1ccc(Cn2nnnc2CSc2cccc3cccnc23)c(Cl)c1. The Kier molecular flexibility index (Phi) is 4.81. The number of nitrogens with zero attached hydrogens (tertiary/aromatic N) is 5. The Balaban J connectivity index is 1.54. The molecule has 0 radical (unpaired) electrons. The van der Waals surface area contributed by atoms with Crippen LogP contribution < -0.4 is 0 Å². The van der Waals surface area contributed by atoms with E-state index in [2.05, 4.69) is 20.5 Å². The molecule has 0 aliphatic carbocycles. The molecule has 0 saturated carbocycles. The zero-order valence-corrected chi connectivity index (χ0v) is 15.1. The van der Waals surface area contributed by atoms with Gasteiger partial charge in [0.05, 0.1) is 17.8 Å². The summed E-state index contributed by atoms with van der Waals surface area (Å²) in [5, 5.41) is 13.3. The second-order valence-corrected chi connectivity index (χ2v) is 7.03. The van der Waals surface area contributed by atoms with E-state index in [0.717, 1.165) is 21.4 Å². The van der Waals surface area contributed by atoms with Gasteiger partial charge in [-0.2, -0.15) is 0 Å². The van der Waals surface area contributed by atoms with Crippen LogP contribution in [0.5, 0.6) is 0 Å². The Morgan fingerprint density at radius 2 is 2.00 bits per heavy atom. The number of hydrogen-bond donors (Lipinski definition) is 0. The molecule has 2 aromatic carbocycles. The van der Waals surface area contributed by atoms with Gasteiger partial charge in [0.15, 0.2) is 5.82 Å². The second kappa shape index (κ2) is 7.39. The number of fused-ring (bicyclic) bond motifs is 1. The van der Waals surface area contributed by atoms with Crippen molar-refractivity contribution in [3.8, 4) is 0 Å². The lowest BCUT2D eigenvalue weighted by Gasteiger charge is -2.08. The standard InChI is InChI=1S/C18H13ClFN5S/c19-15-9-14(20)7-6-13(15)10-25-17(22-23-24-25)11-26-16-5-1-3-12-4-2-8-21-18(12)16/h1-9H,10-11H2. The van der Waals surface area contributed by atoms with Crippen molar-refractivity contribution in [2.75, 3.05) is 0 Å². The number of pyridine rings is 1. The number of hydrogen-bond acceptors (Lipinski definition) is 5. The summed E-state index contributed by atoms with van der Waals surface area (Å²) in [5.74, 6) is 0.930. The molecular formula is C18H13ClFN5S. The first-order valence-corrected chi connectivity index (χ1v) is 9.22. The molecule has 0 bridgehead atoms. The van der Waals surface area contributed by atoms with Crippen LogP contribution in [-0.2, 0) is 12.3 Å². The maximum atomic E-state index is 13.2. The fourth-order valence-corrected chi connectivity index (χ4v) is 3.80. The van der Waals surface area contributed by atoms with Gasteiger partial charge in [0.1, 0.15) is 5.82 Å². The number of tetrazole rings is 1. The first-order chi connectivity index (χ1) is 12.7. The molecule has 5 nitrogen and oxygen atoms in total. The Hall–Kier alpha value is -2.51. The van der Waals surface area contributed by atoms with Crippen LogP contribution in [0.3, 0.4) is 0 Å². The highest BCUT2D eigenvalue weighted by molar-refractivity contribution is 7.98. The van der Waals surface area contributed by atoms with Gasteiger partial charge in [-0.3, -0.25) is 4.98 Å². The molecule has 8 heteroatoms. The summed E-state index contributed by atoms with van der Waals surface area (Å²) < 4.78 is 14.9. The van der Waals surface area contributed by atoms with Crippen LogP contribution in [0.1, 0.15) is 11.4 Å². The van der Waals surface area contributed by atoms with E-state index in [4.69, 9.17) is 11.6 Å². The topological polar surface area (TPSA) is 56.5 Å². The molecule has 0 atom stereocenters. The summed E-state index contributed by atoms with van der Waals surface area (Å²) in [4.78, 5) is 5.53. The maximum absolute atomic E-state index is 13.2. The Morgan fingerprint density at radius 3 is 2.88 bits per heavy atom. The van der Waals surface area contributed by atoms with Gasteiger partial charge in [-0.25, -0.2) is 9.07 Å². The highest BCUT2D eigenvalue weighted by Crippen LogP contribution is 2.28. The van der Waals surface area contributed by atoms with Crippen LogP contribution in [0.15, 0.2) is 59.6 Å². The van der Waals surface area contributed by atoms with Gasteiger partial charge in [0.2, 0.25) is 0 Å². The van der Waals surface area contributed by atoms with Crippen molar-refractivity contribution in [3.63, 3.8) is 0 Å². The van der Waals surface area contributed by atoms with Gasteiger partial charge in [-0.1, -0.05) is 35.9 Å². The predicted molar refractivity (Wildman–Crippen MR) is 99.6 cm³/mol. The number of aromatic nitrogens is 5. The van der Waals surface area contributed by atoms with Gasteiger partial charge >= 0.3 is 0 Å². The molecule has 0 unspecified atom stereocenters. The first-order valence-electron chi connectivity index (χ1n) is 7.86. The van der Waals surface area contributed by atoms with Crippen molar-refractivity contribution in [2.45, 2.75) is 17.2 Å². The van der Waals surface area contributed by atoms with Crippen LogP contribution >= 0.6 is 23.4 Å². The van der Waals surface area contributed by atoms with Gasteiger partial charge in [0, 0.05) is 21.5 Å². The molecule has 26 heavy (non-hydrogen) atoms. The predicted octanol–water partition coefficient (Wildman–Crippen LogP) is 4.35. The molecule has 0 fully saturated rings. The molecule has 0 spiro atoms. The third-order valence-electron chi connectivity index (χ3n) is 3.89. The summed E-state index contributed by atoms with van der Waals surface area (Å²) >= 11 is 7.72. The van der Waals surface area contributed by atoms with Crippen LogP contribution in [0.4, 0.5) is 4.39 Å². The fraction of sp³-hybridized carbons (Fsp3) is 0.111. The lowest BCUT2D eigenvalue weighted by molar-refractivity contribution is 0.616. The molecule has 0 N–H and O–H groups in total. The molecule has 0 amide bonds. The largest absolute Gasteiger partial charge is 0.255 e. The molecule has 130 valence electrons. The Morgan fingerprint density at radius 1 is 1.12 bits per heavy atom. The van der Waals surface area contributed by atoms with Crippen molar-refractivity contribution in [1.82, 2.24) is 25.2 Å². The first kappa shape index (κ1) is 16.9. The van der Waals surface area contributed by atoms with Crippen molar-refractivity contribution >= 4 is 34.3 Å².